The number of amides is 3. The van der Waals surface area contributed by atoms with Crippen LogP contribution >= 0.6 is 0 Å². The summed E-state index contributed by atoms with van der Waals surface area (Å²) in [6.45, 7) is 5.94. The normalized spacial score (nSPS) is 13.9. The first-order chi connectivity index (χ1) is 13.4. The average molecular weight is 380 g/mol. The fraction of sp³-hybridized carbons (Fsp3) is 0.333. The summed E-state index contributed by atoms with van der Waals surface area (Å²) >= 11 is 0. The minimum Gasteiger partial charge on any atom is -0.347 e. The summed E-state index contributed by atoms with van der Waals surface area (Å²) in [5.74, 6) is -0.459. The zero-order valence-electron chi connectivity index (χ0n) is 16.1. The summed E-state index contributed by atoms with van der Waals surface area (Å²) in [6.07, 6.45) is 1.47. The van der Waals surface area contributed by atoms with Crippen LogP contribution in [0.5, 0.6) is 0 Å². The van der Waals surface area contributed by atoms with Crippen molar-refractivity contribution in [3.63, 3.8) is 0 Å². The van der Waals surface area contributed by atoms with E-state index < -0.39 is 0 Å². The number of carbonyl (C=O) groups is 3. The number of pyridine rings is 1. The van der Waals surface area contributed by atoms with Crippen LogP contribution < -0.4 is 5.32 Å². The molecular formula is C21H24N4O3. The second-order valence-corrected chi connectivity index (χ2v) is 6.90. The van der Waals surface area contributed by atoms with Gasteiger partial charge in [-0.1, -0.05) is 29.8 Å². The molecule has 3 amide bonds. The minimum absolute atomic E-state index is 0.0172. The third-order valence-corrected chi connectivity index (χ3v) is 4.79. The Kier molecular flexibility index (Phi) is 6.03. The van der Waals surface area contributed by atoms with Crippen LogP contribution in [-0.2, 0) is 11.3 Å². The molecule has 1 aliphatic rings. The summed E-state index contributed by atoms with van der Waals surface area (Å²) < 4.78 is 0. The number of rotatable bonds is 4. The van der Waals surface area contributed by atoms with Crippen molar-refractivity contribution in [3.8, 4) is 0 Å². The van der Waals surface area contributed by atoms with Gasteiger partial charge in [-0.3, -0.25) is 19.4 Å². The second kappa shape index (κ2) is 8.65. The number of nitrogens with one attached hydrogen (secondary N) is 1. The molecule has 0 spiro atoms. The smallest absolute Gasteiger partial charge is 0.270 e. The predicted octanol–water partition coefficient (Wildman–Crippen LogP) is 1.62. The molecule has 1 aliphatic heterocycles. The van der Waals surface area contributed by atoms with Crippen LogP contribution in [-0.4, -0.2) is 58.7 Å². The molecule has 7 heteroatoms. The van der Waals surface area contributed by atoms with Gasteiger partial charge in [0.05, 0.1) is 0 Å². The van der Waals surface area contributed by atoms with E-state index in [0.29, 0.717) is 38.3 Å². The van der Waals surface area contributed by atoms with E-state index in [2.05, 4.69) is 10.3 Å². The zero-order chi connectivity index (χ0) is 20.1. The Labute approximate surface area is 164 Å². The SMILES string of the molecule is CC(=O)N1CCN(C(=O)c2ccnc(C(=O)NCc3cccc(C)c3)c2)CC1. The monoisotopic (exact) mass is 380 g/mol. The van der Waals surface area contributed by atoms with Crippen LogP contribution in [0.3, 0.4) is 0 Å². The number of hydrogen-bond donors (Lipinski definition) is 1. The molecule has 2 aromatic rings. The second-order valence-electron chi connectivity index (χ2n) is 6.90. The van der Waals surface area contributed by atoms with Gasteiger partial charge in [0.15, 0.2) is 0 Å². The fourth-order valence-electron chi connectivity index (χ4n) is 3.19. The van der Waals surface area contributed by atoms with Crippen molar-refractivity contribution >= 4 is 17.7 Å². The van der Waals surface area contributed by atoms with Gasteiger partial charge in [-0.05, 0) is 24.6 Å². The van der Waals surface area contributed by atoms with Gasteiger partial charge in [-0.2, -0.15) is 0 Å². The number of nitrogens with zero attached hydrogens (tertiary/aromatic N) is 3. The number of aryl methyl sites for hydroxylation is 1. The molecule has 3 rings (SSSR count). The highest BCUT2D eigenvalue weighted by molar-refractivity contribution is 5.98. The number of benzene rings is 1. The van der Waals surface area contributed by atoms with E-state index in [1.807, 2.05) is 31.2 Å². The number of hydrogen-bond acceptors (Lipinski definition) is 4. The van der Waals surface area contributed by atoms with Crippen LogP contribution in [0.1, 0.15) is 38.9 Å². The van der Waals surface area contributed by atoms with Gasteiger partial charge in [0.2, 0.25) is 5.91 Å². The highest BCUT2D eigenvalue weighted by Gasteiger charge is 2.24. The summed E-state index contributed by atoms with van der Waals surface area (Å²) in [4.78, 5) is 44.1. The first kappa shape index (κ1) is 19.5. The van der Waals surface area contributed by atoms with Crippen LogP contribution in [0, 0.1) is 6.92 Å². The lowest BCUT2D eigenvalue weighted by atomic mass is 10.1. The maximum absolute atomic E-state index is 12.7. The topological polar surface area (TPSA) is 82.6 Å². The third-order valence-electron chi connectivity index (χ3n) is 4.79. The van der Waals surface area contributed by atoms with Gasteiger partial charge in [0, 0.05) is 51.4 Å². The van der Waals surface area contributed by atoms with Crippen LogP contribution in [0.4, 0.5) is 0 Å². The van der Waals surface area contributed by atoms with Gasteiger partial charge in [0.1, 0.15) is 5.69 Å². The van der Waals surface area contributed by atoms with Crippen molar-refractivity contribution in [1.29, 1.82) is 0 Å². The fourth-order valence-corrected chi connectivity index (χ4v) is 3.19. The van der Waals surface area contributed by atoms with Crippen molar-refractivity contribution in [2.75, 3.05) is 26.2 Å². The summed E-state index contributed by atoms with van der Waals surface area (Å²) in [5, 5.41) is 2.84. The Bertz CT molecular complexity index is 889. The molecule has 1 saturated heterocycles. The predicted molar refractivity (Wildman–Crippen MR) is 105 cm³/mol. The van der Waals surface area contributed by atoms with Gasteiger partial charge in [-0.15, -0.1) is 0 Å². The Morgan fingerprint density at radius 1 is 1.04 bits per heavy atom. The van der Waals surface area contributed by atoms with Crippen molar-refractivity contribution in [1.82, 2.24) is 20.1 Å². The third kappa shape index (κ3) is 4.73. The largest absolute Gasteiger partial charge is 0.347 e. The van der Waals surface area contributed by atoms with Gasteiger partial charge >= 0.3 is 0 Å². The molecule has 28 heavy (non-hydrogen) atoms. The van der Waals surface area contributed by atoms with Gasteiger partial charge in [0.25, 0.3) is 11.8 Å². The lowest BCUT2D eigenvalue weighted by Crippen LogP contribution is -2.50. The molecule has 0 radical (unpaired) electrons. The number of piperazine rings is 1. The average Bonchev–Trinajstić information content (AvgIpc) is 2.71. The molecule has 146 valence electrons. The molecule has 1 fully saturated rings. The summed E-state index contributed by atoms with van der Waals surface area (Å²) in [7, 11) is 0. The van der Waals surface area contributed by atoms with Gasteiger partial charge in [-0.25, -0.2) is 0 Å². The number of carbonyl (C=O) groups excluding carboxylic acids is 3. The molecule has 1 aromatic carbocycles. The van der Waals surface area contributed by atoms with Crippen LogP contribution in [0.25, 0.3) is 0 Å². The van der Waals surface area contributed by atoms with E-state index in [4.69, 9.17) is 0 Å². The van der Waals surface area contributed by atoms with Crippen molar-refractivity contribution in [3.05, 3.63) is 65.0 Å². The Hall–Kier alpha value is -3.22. The molecule has 1 aromatic heterocycles. The number of aromatic nitrogens is 1. The lowest BCUT2D eigenvalue weighted by Gasteiger charge is -2.34. The van der Waals surface area contributed by atoms with E-state index >= 15 is 0 Å². The quantitative estimate of drug-likeness (QED) is 0.874. The van der Waals surface area contributed by atoms with Crippen molar-refractivity contribution < 1.29 is 14.4 Å². The molecular weight excluding hydrogens is 356 g/mol. The van der Waals surface area contributed by atoms with Gasteiger partial charge < -0.3 is 15.1 Å². The van der Waals surface area contributed by atoms with E-state index in [1.54, 1.807) is 15.9 Å². The highest BCUT2D eigenvalue weighted by Crippen LogP contribution is 2.10. The lowest BCUT2D eigenvalue weighted by molar-refractivity contribution is -0.130. The zero-order valence-corrected chi connectivity index (χ0v) is 16.1. The van der Waals surface area contributed by atoms with E-state index in [9.17, 15) is 14.4 Å². The Morgan fingerprint density at radius 2 is 1.75 bits per heavy atom. The first-order valence-corrected chi connectivity index (χ1v) is 9.28. The Morgan fingerprint density at radius 3 is 2.43 bits per heavy atom. The molecule has 7 nitrogen and oxygen atoms in total. The molecule has 0 saturated carbocycles. The molecule has 0 aliphatic carbocycles. The standard InChI is InChI=1S/C21H24N4O3/c1-15-4-3-5-17(12-15)14-23-20(27)19-13-18(6-7-22-19)21(28)25-10-8-24(9-11-25)16(2)26/h3-7,12-13H,8-11,14H2,1-2H3,(H,23,27). The summed E-state index contributed by atoms with van der Waals surface area (Å²) in [6, 6.07) is 11.0. The van der Waals surface area contributed by atoms with Crippen LogP contribution in [0.15, 0.2) is 42.6 Å². The highest BCUT2D eigenvalue weighted by atomic mass is 16.2. The first-order valence-electron chi connectivity index (χ1n) is 9.28. The van der Waals surface area contributed by atoms with E-state index in [-0.39, 0.29) is 23.4 Å². The maximum Gasteiger partial charge on any atom is 0.270 e. The van der Waals surface area contributed by atoms with Crippen molar-refractivity contribution in [2.45, 2.75) is 20.4 Å². The maximum atomic E-state index is 12.7. The van der Waals surface area contributed by atoms with E-state index in [1.165, 1.54) is 19.2 Å². The molecule has 0 bridgehead atoms. The summed E-state index contributed by atoms with van der Waals surface area (Å²) in [5.41, 5.74) is 2.76. The Balaban J connectivity index is 1.62. The van der Waals surface area contributed by atoms with E-state index in [0.717, 1.165) is 11.1 Å². The van der Waals surface area contributed by atoms with Crippen molar-refractivity contribution in [2.24, 2.45) is 0 Å². The molecule has 1 N–H and O–H groups in total. The minimum atomic E-state index is -0.322. The van der Waals surface area contributed by atoms with Crippen LogP contribution in [0.2, 0.25) is 0 Å². The molecule has 0 unspecified atom stereocenters. The molecule has 2 heterocycles. The molecule has 0 atom stereocenters.